The summed E-state index contributed by atoms with van der Waals surface area (Å²) in [6.45, 7) is -0.0119. The minimum atomic E-state index is -0.854. The molecule has 3 N–H and O–H groups in total. The van der Waals surface area contributed by atoms with E-state index in [0.29, 0.717) is 0 Å². The van der Waals surface area contributed by atoms with Crippen molar-refractivity contribution in [2.24, 2.45) is 5.73 Å². The second-order valence-electron chi connectivity index (χ2n) is 1.87. The van der Waals surface area contributed by atoms with E-state index < -0.39 is 17.8 Å². The molecule has 1 amide bonds. The van der Waals surface area contributed by atoms with Crippen LogP contribution in [0.2, 0.25) is 0 Å². The fourth-order valence-electron chi connectivity index (χ4n) is 0.445. The highest BCUT2D eigenvalue weighted by Gasteiger charge is 2.12. The predicted molar refractivity (Wildman–Crippen MR) is 39.1 cm³/mol. The molecule has 0 aliphatic carbocycles. The molecule has 0 bridgehead atoms. The van der Waals surface area contributed by atoms with Gasteiger partial charge in [0, 0.05) is 6.54 Å². The number of carbonyl (C=O) groups excluding carboxylic acids is 2. The van der Waals surface area contributed by atoms with Crippen LogP contribution in [-0.2, 0) is 9.53 Å². The number of carbonyl (C=O) groups is 2. The van der Waals surface area contributed by atoms with Crippen LogP contribution in [0.25, 0.3) is 0 Å². The Kier molecular flexibility index (Phi) is 4.29. The minimum absolute atomic E-state index is 0.0119. The average Bonchev–Trinajstić information content (AvgIpc) is 1.98. The third-order valence-electron chi connectivity index (χ3n) is 1.00. The zero-order valence-corrected chi connectivity index (χ0v) is 6.16. The maximum absolute atomic E-state index is 10.6. The van der Waals surface area contributed by atoms with Crippen LogP contribution in [-0.4, -0.2) is 39.3 Å². The highest BCUT2D eigenvalue weighted by molar-refractivity contribution is 6.57. The number of methoxy groups -OCH3 is 1. The summed E-state index contributed by atoms with van der Waals surface area (Å²) in [5, 5.41) is 2.17. The largest absolute Gasteiger partial charge is 0.468 e. The Morgan fingerprint density at radius 2 is 2.27 bits per heavy atom. The van der Waals surface area contributed by atoms with Gasteiger partial charge in [-0.15, -0.1) is 0 Å². The van der Waals surface area contributed by atoms with E-state index in [4.69, 9.17) is 13.6 Å². The number of hydrogen-bond acceptors (Lipinski definition) is 4. The van der Waals surface area contributed by atoms with Crippen molar-refractivity contribution in [2.45, 2.75) is 6.04 Å². The molecule has 0 saturated heterocycles. The maximum Gasteiger partial charge on any atom is 0.324 e. The SMILES string of the molecule is [B]C(=O)NCC(N)C(=O)OC. The van der Waals surface area contributed by atoms with E-state index in [2.05, 4.69) is 10.1 Å². The van der Waals surface area contributed by atoms with E-state index >= 15 is 0 Å². The van der Waals surface area contributed by atoms with E-state index in [1.807, 2.05) is 0 Å². The molecule has 0 aliphatic heterocycles. The topological polar surface area (TPSA) is 81.4 Å². The Morgan fingerprint density at radius 1 is 1.73 bits per heavy atom. The van der Waals surface area contributed by atoms with Crippen LogP contribution in [0.4, 0.5) is 4.79 Å². The van der Waals surface area contributed by atoms with Gasteiger partial charge in [0.2, 0.25) is 0 Å². The van der Waals surface area contributed by atoms with Crippen LogP contribution in [0.3, 0.4) is 0 Å². The first-order valence-electron chi connectivity index (χ1n) is 2.94. The second-order valence-corrected chi connectivity index (χ2v) is 1.87. The van der Waals surface area contributed by atoms with Crippen molar-refractivity contribution in [2.75, 3.05) is 13.7 Å². The molecule has 11 heavy (non-hydrogen) atoms. The lowest BCUT2D eigenvalue weighted by Crippen LogP contribution is -2.42. The van der Waals surface area contributed by atoms with E-state index in [-0.39, 0.29) is 6.54 Å². The van der Waals surface area contributed by atoms with Gasteiger partial charge in [0.25, 0.3) is 0 Å². The number of ether oxygens (including phenoxy) is 1. The molecule has 2 radical (unpaired) electrons. The molecule has 1 atom stereocenters. The first-order valence-corrected chi connectivity index (χ1v) is 2.94. The summed E-state index contributed by atoms with van der Waals surface area (Å²) in [6.07, 6.45) is 0. The van der Waals surface area contributed by atoms with Gasteiger partial charge in [0.1, 0.15) is 6.04 Å². The summed E-state index contributed by atoms with van der Waals surface area (Å²) in [5.74, 6) is -1.30. The maximum atomic E-state index is 10.6. The lowest BCUT2D eigenvalue weighted by Gasteiger charge is -2.08. The van der Waals surface area contributed by atoms with E-state index in [1.165, 1.54) is 7.11 Å². The molecule has 0 fully saturated rings. The lowest BCUT2D eigenvalue weighted by molar-refractivity contribution is -0.141. The smallest absolute Gasteiger partial charge is 0.324 e. The van der Waals surface area contributed by atoms with Gasteiger partial charge in [-0.3, -0.25) is 9.59 Å². The number of hydrogen-bond donors (Lipinski definition) is 2. The second kappa shape index (κ2) is 4.73. The van der Waals surface area contributed by atoms with Crippen molar-refractivity contribution >= 4 is 19.6 Å². The van der Waals surface area contributed by atoms with Crippen molar-refractivity contribution in [1.29, 1.82) is 0 Å². The van der Waals surface area contributed by atoms with Crippen molar-refractivity contribution < 1.29 is 14.3 Å². The molecular weight excluding hydrogens is 147 g/mol. The molecule has 0 aromatic carbocycles. The van der Waals surface area contributed by atoms with Gasteiger partial charge in [-0.1, -0.05) is 0 Å². The Hall–Kier alpha value is -1.04. The number of rotatable bonds is 3. The summed E-state index contributed by atoms with van der Waals surface area (Å²) >= 11 is 0. The highest BCUT2D eigenvalue weighted by Crippen LogP contribution is 1.80. The number of nitrogens with two attached hydrogens (primary N) is 1. The molecule has 0 spiro atoms. The molecule has 60 valence electrons. The van der Waals surface area contributed by atoms with Crippen molar-refractivity contribution in [3.8, 4) is 0 Å². The van der Waals surface area contributed by atoms with Gasteiger partial charge >= 0.3 is 5.97 Å². The third kappa shape index (κ3) is 4.38. The molecule has 0 saturated carbocycles. The lowest BCUT2D eigenvalue weighted by atomic mass is 10.1. The van der Waals surface area contributed by atoms with Crippen LogP contribution >= 0.6 is 0 Å². The van der Waals surface area contributed by atoms with Crippen molar-refractivity contribution in [1.82, 2.24) is 5.32 Å². The standard InChI is InChI=1S/C5H9BN2O3/c1-11-4(9)3(7)2-8-5(6)10/h3H,2,7H2,1H3,(H,8,10). The molecule has 0 aromatic heterocycles. The predicted octanol–water partition coefficient (Wildman–Crippen LogP) is -1.64. The van der Waals surface area contributed by atoms with Crippen LogP contribution in [0.5, 0.6) is 0 Å². The fraction of sp³-hybridized carbons (Fsp3) is 0.600. The zero-order valence-electron chi connectivity index (χ0n) is 6.16. The summed E-state index contributed by atoms with van der Waals surface area (Å²) in [6, 6.07) is -0.854. The Morgan fingerprint density at radius 3 is 2.64 bits per heavy atom. The number of esters is 1. The van der Waals surface area contributed by atoms with Crippen molar-refractivity contribution in [3.05, 3.63) is 0 Å². The normalized spacial score (nSPS) is 11.8. The van der Waals surface area contributed by atoms with Gasteiger partial charge in [-0.2, -0.15) is 0 Å². The molecule has 0 aromatic rings. The molecule has 1 unspecified atom stereocenters. The Bertz CT molecular complexity index is 162. The first kappa shape index (κ1) is 9.96. The van der Waals surface area contributed by atoms with E-state index in [9.17, 15) is 9.59 Å². The van der Waals surface area contributed by atoms with E-state index in [0.717, 1.165) is 0 Å². The molecule has 0 rings (SSSR count). The van der Waals surface area contributed by atoms with Gasteiger partial charge in [-0.05, 0) is 0 Å². The number of nitrogens with one attached hydrogen (secondary N) is 1. The van der Waals surface area contributed by atoms with E-state index in [1.54, 1.807) is 0 Å². The van der Waals surface area contributed by atoms with Gasteiger partial charge < -0.3 is 15.8 Å². The molecule has 0 heterocycles. The van der Waals surface area contributed by atoms with Crippen molar-refractivity contribution in [3.63, 3.8) is 0 Å². The van der Waals surface area contributed by atoms with Crippen LogP contribution in [0, 0.1) is 0 Å². The average molecular weight is 156 g/mol. The fourth-order valence-corrected chi connectivity index (χ4v) is 0.445. The zero-order chi connectivity index (χ0) is 8.85. The van der Waals surface area contributed by atoms with Gasteiger partial charge in [0.05, 0.1) is 7.11 Å². The van der Waals surface area contributed by atoms with Crippen LogP contribution in [0.1, 0.15) is 0 Å². The Balaban J connectivity index is 3.60. The van der Waals surface area contributed by atoms with Gasteiger partial charge in [0.15, 0.2) is 13.7 Å². The summed E-state index contributed by atoms with van der Waals surface area (Å²) < 4.78 is 4.29. The van der Waals surface area contributed by atoms with Crippen LogP contribution in [0.15, 0.2) is 0 Å². The molecule has 6 heteroatoms. The van der Waals surface area contributed by atoms with Gasteiger partial charge in [-0.25, -0.2) is 0 Å². The first-order chi connectivity index (χ1) is 5.07. The Labute approximate surface area is 65.7 Å². The summed E-state index contributed by atoms with van der Waals surface area (Å²) in [4.78, 5) is 20.7. The third-order valence-corrected chi connectivity index (χ3v) is 1.00. The summed E-state index contributed by atoms with van der Waals surface area (Å²) in [5.41, 5.74) is 5.23. The summed E-state index contributed by atoms with van der Waals surface area (Å²) in [7, 11) is 5.94. The van der Waals surface area contributed by atoms with Crippen LogP contribution < -0.4 is 11.1 Å². The molecule has 5 nitrogen and oxygen atoms in total. The molecular formula is C5H9BN2O3. The molecule has 0 aliphatic rings. The quantitative estimate of drug-likeness (QED) is 0.379. The minimum Gasteiger partial charge on any atom is -0.468 e. The highest BCUT2D eigenvalue weighted by atomic mass is 16.5. The number of amides is 1. The monoisotopic (exact) mass is 156 g/mol.